The van der Waals surface area contributed by atoms with Crippen molar-refractivity contribution in [2.45, 2.75) is 11.1 Å². The third-order valence-corrected chi connectivity index (χ3v) is 4.76. The number of aliphatic hydroxyl groups excluding tert-OH is 1. The molecule has 18 heavy (non-hydrogen) atoms. The maximum absolute atomic E-state index is 10.0. The van der Waals surface area contributed by atoms with E-state index in [4.69, 9.17) is 4.74 Å². The van der Waals surface area contributed by atoms with Gasteiger partial charge in [0.2, 0.25) is 0 Å². The lowest BCUT2D eigenvalue weighted by Gasteiger charge is -2.28. The predicted octanol–water partition coefficient (Wildman–Crippen LogP) is 1.63. The highest BCUT2D eigenvalue weighted by molar-refractivity contribution is 9.10. The van der Waals surface area contributed by atoms with E-state index in [9.17, 15) is 5.11 Å². The minimum absolute atomic E-state index is 0.331. The van der Waals surface area contributed by atoms with Crippen molar-refractivity contribution in [1.29, 1.82) is 0 Å². The summed E-state index contributed by atoms with van der Waals surface area (Å²) < 4.78 is 6.26. The number of rotatable bonds is 5. The number of ether oxygens (including phenoxy) is 1. The summed E-state index contributed by atoms with van der Waals surface area (Å²) in [6.07, 6.45) is 1.43. The number of β-amino-alcohol motifs (C(OH)–C–C–N with tert-alkyl or cyclic N) is 1. The van der Waals surface area contributed by atoms with Gasteiger partial charge in [-0.25, -0.2) is 4.98 Å². The average molecular weight is 333 g/mol. The molecule has 1 aromatic heterocycles. The number of aromatic nitrogens is 1. The Hall–Kier alpha value is -0.140. The Labute approximate surface area is 120 Å². The minimum atomic E-state index is -0.331. The van der Waals surface area contributed by atoms with Crippen molar-refractivity contribution in [2.24, 2.45) is 0 Å². The molecular formula is C12H17BrN2O2S. The van der Waals surface area contributed by atoms with Gasteiger partial charge in [0.05, 0.1) is 19.3 Å². The highest BCUT2D eigenvalue weighted by Crippen LogP contribution is 2.25. The van der Waals surface area contributed by atoms with Gasteiger partial charge in [-0.1, -0.05) is 0 Å². The molecule has 1 fully saturated rings. The molecular weight excluding hydrogens is 316 g/mol. The van der Waals surface area contributed by atoms with Crippen LogP contribution in [0.4, 0.5) is 0 Å². The van der Waals surface area contributed by atoms with Crippen LogP contribution in [0.5, 0.6) is 0 Å². The van der Waals surface area contributed by atoms with Gasteiger partial charge in [-0.2, -0.15) is 0 Å². The topological polar surface area (TPSA) is 45.6 Å². The Morgan fingerprint density at radius 1 is 1.50 bits per heavy atom. The Balaban J connectivity index is 1.74. The fraction of sp³-hybridized carbons (Fsp3) is 0.583. The molecule has 4 nitrogen and oxygen atoms in total. The number of nitrogens with zero attached hydrogens (tertiary/aromatic N) is 2. The van der Waals surface area contributed by atoms with Crippen LogP contribution in [0.25, 0.3) is 0 Å². The van der Waals surface area contributed by atoms with Gasteiger partial charge >= 0.3 is 0 Å². The number of thioether (sulfide) groups is 1. The summed E-state index contributed by atoms with van der Waals surface area (Å²) in [5.74, 6) is 0.660. The van der Waals surface area contributed by atoms with E-state index in [-0.39, 0.29) is 6.10 Å². The third-order valence-electron chi connectivity index (χ3n) is 2.71. The summed E-state index contributed by atoms with van der Waals surface area (Å²) in [5.41, 5.74) is 0. The summed E-state index contributed by atoms with van der Waals surface area (Å²) in [6.45, 7) is 4.07. The van der Waals surface area contributed by atoms with Crippen LogP contribution in [0.15, 0.2) is 27.8 Å². The summed E-state index contributed by atoms with van der Waals surface area (Å²) in [7, 11) is 0. The van der Waals surface area contributed by atoms with E-state index < -0.39 is 0 Å². The molecule has 1 aliphatic heterocycles. The molecule has 1 saturated heterocycles. The van der Waals surface area contributed by atoms with Crippen molar-refractivity contribution < 1.29 is 9.84 Å². The first-order chi connectivity index (χ1) is 8.75. The van der Waals surface area contributed by atoms with Crippen molar-refractivity contribution >= 4 is 27.7 Å². The van der Waals surface area contributed by atoms with Crippen LogP contribution in [0.2, 0.25) is 0 Å². The zero-order valence-electron chi connectivity index (χ0n) is 10.1. The first kappa shape index (κ1) is 14.3. The lowest BCUT2D eigenvalue weighted by atomic mass is 10.3. The van der Waals surface area contributed by atoms with E-state index in [1.165, 1.54) is 0 Å². The van der Waals surface area contributed by atoms with Crippen LogP contribution in [0.3, 0.4) is 0 Å². The molecule has 0 aliphatic carbocycles. The highest BCUT2D eigenvalue weighted by atomic mass is 79.9. The molecule has 0 aromatic carbocycles. The lowest BCUT2D eigenvalue weighted by molar-refractivity contribution is 0.0188. The molecule has 0 amide bonds. The van der Waals surface area contributed by atoms with Gasteiger partial charge in [-0.3, -0.25) is 4.90 Å². The Morgan fingerprint density at radius 3 is 3.00 bits per heavy atom. The standard InChI is InChI=1S/C12H17BrN2O2S/c13-11-2-1-3-14-12(11)18-9-10(16)8-15-4-6-17-7-5-15/h1-3,10,16H,4-9H2. The number of morpholine rings is 1. The summed E-state index contributed by atoms with van der Waals surface area (Å²) in [6, 6.07) is 3.85. The van der Waals surface area contributed by atoms with Crippen LogP contribution in [-0.2, 0) is 4.74 Å². The van der Waals surface area contributed by atoms with E-state index in [1.807, 2.05) is 12.1 Å². The summed E-state index contributed by atoms with van der Waals surface area (Å²) in [4.78, 5) is 6.51. The van der Waals surface area contributed by atoms with Gasteiger partial charge in [0.1, 0.15) is 5.03 Å². The molecule has 0 radical (unpaired) electrons. The molecule has 6 heteroatoms. The zero-order chi connectivity index (χ0) is 12.8. The second-order valence-electron chi connectivity index (χ2n) is 4.17. The summed E-state index contributed by atoms with van der Waals surface area (Å²) in [5, 5.41) is 10.9. The number of halogens is 1. The van der Waals surface area contributed by atoms with Gasteiger partial charge in [0.25, 0.3) is 0 Å². The van der Waals surface area contributed by atoms with Gasteiger partial charge in [0.15, 0.2) is 0 Å². The van der Waals surface area contributed by atoms with Crippen LogP contribution < -0.4 is 0 Å². The van der Waals surface area contributed by atoms with Crippen molar-refractivity contribution in [3.05, 3.63) is 22.8 Å². The number of aliphatic hydroxyl groups is 1. The number of pyridine rings is 1. The fourth-order valence-corrected chi connectivity index (χ4v) is 3.18. The van der Waals surface area contributed by atoms with Gasteiger partial charge in [-0.15, -0.1) is 11.8 Å². The number of hydrogen-bond donors (Lipinski definition) is 1. The van der Waals surface area contributed by atoms with E-state index >= 15 is 0 Å². The minimum Gasteiger partial charge on any atom is -0.391 e. The van der Waals surface area contributed by atoms with Crippen LogP contribution in [0.1, 0.15) is 0 Å². The van der Waals surface area contributed by atoms with Crippen LogP contribution >= 0.6 is 27.7 Å². The smallest absolute Gasteiger partial charge is 0.110 e. The first-order valence-electron chi connectivity index (χ1n) is 5.97. The normalized spacial score (nSPS) is 18.8. The van der Waals surface area contributed by atoms with E-state index in [1.54, 1.807) is 18.0 Å². The third kappa shape index (κ3) is 4.51. The molecule has 0 bridgehead atoms. The molecule has 1 N–H and O–H groups in total. The van der Waals surface area contributed by atoms with Crippen LogP contribution in [-0.4, -0.2) is 59.7 Å². The van der Waals surface area contributed by atoms with Crippen LogP contribution in [0, 0.1) is 0 Å². The second kappa shape index (κ2) is 7.45. The molecule has 0 spiro atoms. The van der Waals surface area contributed by atoms with Crippen molar-refractivity contribution in [2.75, 3.05) is 38.6 Å². The Morgan fingerprint density at radius 2 is 2.28 bits per heavy atom. The van der Waals surface area contributed by atoms with E-state index in [0.717, 1.165) is 35.8 Å². The Kier molecular flexibility index (Phi) is 5.91. The monoisotopic (exact) mass is 332 g/mol. The SMILES string of the molecule is OC(CSc1ncccc1Br)CN1CCOCC1. The lowest BCUT2D eigenvalue weighted by Crippen LogP contribution is -2.41. The average Bonchev–Trinajstić information content (AvgIpc) is 2.39. The predicted molar refractivity (Wildman–Crippen MR) is 75.9 cm³/mol. The highest BCUT2D eigenvalue weighted by Gasteiger charge is 2.15. The second-order valence-corrected chi connectivity index (χ2v) is 6.03. The summed E-state index contributed by atoms with van der Waals surface area (Å²) >= 11 is 5.03. The largest absolute Gasteiger partial charge is 0.391 e. The van der Waals surface area contributed by atoms with Gasteiger partial charge in [0, 0.05) is 36.1 Å². The van der Waals surface area contributed by atoms with Gasteiger partial charge < -0.3 is 9.84 Å². The number of hydrogen-bond acceptors (Lipinski definition) is 5. The molecule has 100 valence electrons. The molecule has 1 unspecified atom stereocenters. The van der Waals surface area contributed by atoms with Crippen molar-refractivity contribution in [1.82, 2.24) is 9.88 Å². The van der Waals surface area contributed by atoms with Gasteiger partial charge in [-0.05, 0) is 28.1 Å². The molecule has 1 aromatic rings. The maximum Gasteiger partial charge on any atom is 0.110 e. The molecule has 1 aliphatic rings. The maximum atomic E-state index is 10.0. The van der Waals surface area contributed by atoms with E-state index in [0.29, 0.717) is 12.3 Å². The first-order valence-corrected chi connectivity index (χ1v) is 7.75. The van der Waals surface area contributed by atoms with E-state index in [2.05, 4.69) is 25.8 Å². The Bertz CT molecular complexity index is 375. The molecule has 0 saturated carbocycles. The molecule has 2 heterocycles. The zero-order valence-corrected chi connectivity index (χ0v) is 12.5. The quantitative estimate of drug-likeness (QED) is 0.830. The molecule has 1 atom stereocenters. The van der Waals surface area contributed by atoms with Crippen molar-refractivity contribution in [3.63, 3.8) is 0 Å². The fourth-order valence-electron chi connectivity index (χ4n) is 1.79. The molecule has 2 rings (SSSR count). The van der Waals surface area contributed by atoms with Crippen molar-refractivity contribution in [3.8, 4) is 0 Å².